The Hall–Kier alpha value is -4.18. The van der Waals surface area contributed by atoms with Gasteiger partial charge < -0.3 is 15.4 Å². The minimum absolute atomic E-state index is 0.0582. The maximum absolute atomic E-state index is 13.9. The summed E-state index contributed by atoms with van der Waals surface area (Å²) in [7, 11) is 0. The molecule has 0 saturated carbocycles. The number of carbonyl (C=O) groups excluding carboxylic acids is 1. The first-order valence-corrected chi connectivity index (χ1v) is 12.9. The van der Waals surface area contributed by atoms with E-state index in [9.17, 15) is 27.9 Å². The molecule has 39 heavy (non-hydrogen) atoms. The Balaban J connectivity index is 1.85. The number of thiophene rings is 1. The number of rotatable bonds is 8. The van der Waals surface area contributed by atoms with Crippen LogP contribution >= 0.6 is 11.3 Å². The summed E-state index contributed by atoms with van der Waals surface area (Å²) in [6.45, 7) is 6.05. The van der Waals surface area contributed by atoms with Gasteiger partial charge in [-0.2, -0.15) is 13.2 Å². The summed E-state index contributed by atoms with van der Waals surface area (Å²) in [4.78, 5) is 27.6. The van der Waals surface area contributed by atoms with Gasteiger partial charge in [0.2, 0.25) is 5.91 Å². The zero-order valence-corrected chi connectivity index (χ0v) is 22.2. The first-order valence-electron chi connectivity index (χ1n) is 12.1. The highest BCUT2D eigenvalue weighted by Crippen LogP contribution is 2.39. The molecule has 0 saturated heterocycles. The Kier molecular flexibility index (Phi) is 7.78. The summed E-state index contributed by atoms with van der Waals surface area (Å²) in [5.41, 5.74) is 6.34. The predicted molar refractivity (Wildman–Crippen MR) is 148 cm³/mol. The van der Waals surface area contributed by atoms with Crippen molar-refractivity contribution in [2.24, 2.45) is 16.6 Å². The second-order valence-electron chi connectivity index (χ2n) is 9.17. The second-order valence-corrected chi connectivity index (χ2v) is 10.3. The van der Waals surface area contributed by atoms with Crippen LogP contribution in [0.3, 0.4) is 0 Å². The van der Waals surface area contributed by atoms with Crippen molar-refractivity contribution in [3.05, 3.63) is 88.4 Å². The molecule has 10 heteroatoms. The Labute approximate surface area is 226 Å². The number of aromatic carboxylic acids is 1. The van der Waals surface area contributed by atoms with Crippen LogP contribution in [0.2, 0.25) is 0 Å². The molecule has 2 aromatic carbocycles. The van der Waals surface area contributed by atoms with Crippen LogP contribution in [-0.4, -0.2) is 27.8 Å². The normalized spacial score (nSPS) is 13.9. The minimum Gasteiger partial charge on any atom is -0.477 e. The highest BCUT2D eigenvalue weighted by Gasteiger charge is 2.35. The van der Waals surface area contributed by atoms with Crippen molar-refractivity contribution in [3.63, 3.8) is 0 Å². The molecule has 2 heterocycles. The monoisotopic (exact) mass is 553 g/mol. The van der Waals surface area contributed by atoms with E-state index in [2.05, 4.69) is 18.8 Å². The van der Waals surface area contributed by atoms with Crippen molar-refractivity contribution in [2.75, 3.05) is 0 Å². The SMILES string of the molecule is C/C=C\N=CC(C)C(C)c1ccc(-c2cc3sc(C(=O)O)cc3n2-c2ccc(C(N)=O)c(C(F)(F)F)c2)cc1. The van der Waals surface area contributed by atoms with E-state index in [1.807, 2.05) is 43.5 Å². The lowest BCUT2D eigenvalue weighted by molar-refractivity contribution is -0.137. The molecule has 6 nitrogen and oxygen atoms in total. The third-order valence-electron chi connectivity index (χ3n) is 6.61. The highest BCUT2D eigenvalue weighted by atomic mass is 32.1. The zero-order chi connectivity index (χ0) is 28.5. The third kappa shape index (κ3) is 5.65. The topological polar surface area (TPSA) is 97.7 Å². The number of aliphatic imine (C=N–C) groups is 1. The molecule has 0 radical (unpaired) electrons. The zero-order valence-electron chi connectivity index (χ0n) is 21.4. The number of benzene rings is 2. The van der Waals surface area contributed by atoms with E-state index >= 15 is 0 Å². The number of halogens is 3. The lowest BCUT2D eigenvalue weighted by Gasteiger charge is -2.18. The number of alkyl halides is 3. The third-order valence-corrected chi connectivity index (χ3v) is 7.67. The second kappa shape index (κ2) is 10.9. The number of carboxylic acids is 1. The molecular weight excluding hydrogens is 527 g/mol. The van der Waals surface area contributed by atoms with Gasteiger partial charge >= 0.3 is 12.1 Å². The largest absolute Gasteiger partial charge is 0.477 e. The fourth-order valence-corrected chi connectivity index (χ4v) is 5.29. The first kappa shape index (κ1) is 27.8. The maximum atomic E-state index is 13.9. The number of aromatic nitrogens is 1. The lowest BCUT2D eigenvalue weighted by Crippen LogP contribution is -2.19. The van der Waals surface area contributed by atoms with E-state index in [0.717, 1.165) is 34.6 Å². The van der Waals surface area contributed by atoms with Crippen LogP contribution in [0.15, 0.2) is 71.9 Å². The van der Waals surface area contributed by atoms with E-state index in [1.54, 1.807) is 16.8 Å². The maximum Gasteiger partial charge on any atom is 0.417 e. The Morgan fingerprint density at radius 2 is 1.77 bits per heavy atom. The molecule has 3 N–H and O–H groups in total. The number of fused-ring (bicyclic) bond motifs is 1. The standard InChI is InChI=1S/C29H26F3N3O3S/c1-4-11-34-15-16(2)17(3)18-5-7-19(8-6-18)23-13-25-24(14-26(39-25)28(37)38)35(23)20-9-10-21(27(33)36)22(12-20)29(30,31)32/h4-17H,1-3H3,(H2,33,36)(H,37,38)/b11-4-,34-15?. The molecule has 4 rings (SSSR count). The van der Waals surface area contributed by atoms with Crippen LogP contribution in [0, 0.1) is 5.92 Å². The Morgan fingerprint density at radius 1 is 1.08 bits per heavy atom. The molecule has 1 amide bonds. The van der Waals surface area contributed by atoms with E-state index in [4.69, 9.17) is 5.73 Å². The predicted octanol–water partition coefficient (Wildman–Crippen LogP) is 7.52. The van der Waals surface area contributed by atoms with Crippen molar-refractivity contribution in [1.29, 1.82) is 0 Å². The summed E-state index contributed by atoms with van der Waals surface area (Å²) in [5.74, 6) is -1.99. The summed E-state index contributed by atoms with van der Waals surface area (Å²) in [6, 6.07) is 14.2. The molecule has 4 aromatic rings. The molecule has 0 aliphatic carbocycles. The number of hydrogen-bond donors (Lipinski definition) is 2. The molecule has 2 unspecified atom stereocenters. The lowest BCUT2D eigenvalue weighted by atomic mass is 9.89. The molecule has 0 bridgehead atoms. The summed E-state index contributed by atoms with van der Waals surface area (Å²) < 4.78 is 43.7. The van der Waals surface area contributed by atoms with Gasteiger partial charge in [0.05, 0.1) is 27.0 Å². The fourth-order valence-electron chi connectivity index (χ4n) is 4.37. The van der Waals surface area contributed by atoms with Crippen molar-refractivity contribution in [3.8, 4) is 16.9 Å². The Bertz CT molecular complexity index is 1600. The minimum atomic E-state index is -4.82. The smallest absolute Gasteiger partial charge is 0.417 e. The van der Waals surface area contributed by atoms with Gasteiger partial charge in [-0.25, -0.2) is 4.79 Å². The van der Waals surface area contributed by atoms with E-state index in [-0.39, 0.29) is 22.4 Å². The van der Waals surface area contributed by atoms with Gasteiger partial charge in [-0.3, -0.25) is 9.79 Å². The van der Waals surface area contributed by atoms with Crippen LogP contribution in [0.4, 0.5) is 13.2 Å². The number of primary amides is 1. The molecule has 202 valence electrons. The van der Waals surface area contributed by atoms with E-state index in [1.165, 1.54) is 12.1 Å². The number of allylic oxidation sites excluding steroid dienone is 1. The average molecular weight is 554 g/mol. The number of carboxylic acid groups (broad SMARTS) is 1. The molecular formula is C29H26F3N3O3S. The quantitative estimate of drug-likeness (QED) is 0.221. The summed E-state index contributed by atoms with van der Waals surface area (Å²) in [6.07, 6.45) is 0.632. The van der Waals surface area contributed by atoms with Crippen molar-refractivity contribution in [1.82, 2.24) is 4.57 Å². The first-order chi connectivity index (χ1) is 18.4. The van der Waals surface area contributed by atoms with Gasteiger partial charge in [-0.15, -0.1) is 11.3 Å². The Morgan fingerprint density at radius 3 is 2.36 bits per heavy atom. The van der Waals surface area contributed by atoms with Crippen LogP contribution in [0.5, 0.6) is 0 Å². The van der Waals surface area contributed by atoms with Gasteiger partial charge in [0.1, 0.15) is 4.88 Å². The van der Waals surface area contributed by atoms with Crippen LogP contribution < -0.4 is 5.73 Å². The van der Waals surface area contributed by atoms with Crippen LogP contribution in [0.25, 0.3) is 27.2 Å². The number of amides is 1. The van der Waals surface area contributed by atoms with Crippen molar-refractivity contribution >= 4 is 39.6 Å². The fraction of sp³-hybridized carbons (Fsp3) is 0.207. The van der Waals surface area contributed by atoms with Crippen molar-refractivity contribution in [2.45, 2.75) is 32.9 Å². The number of nitrogens with zero attached hydrogens (tertiary/aromatic N) is 2. The van der Waals surface area contributed by atoms with Crippen LogP contribution in [-0.2, 0) is 6.18 Å². The summed E-state index contributed by atoms with van der Waals surface area (Å²) in [5, 5.41) is 9.48. The molecule has 0 aliphatic rings. The number of hydrogen-bond acceptors (Lipinski definition) is 4. The molecule has 2 aromatic heterocycles. The average Bonchev–Trinajstić information content (AvgIpc) is 3.46. The molecule has 0 fully saturated rings. The number of carbonyl (C=O) groups is 2. The molecule has 0 spiro atoms. The van der Waals surface area contributed by atoms with Gasteiger partial charge in [0.25, 0.3) is 0 Å². The van der Waals surface area contributed by atoms with E-state index in [0.29, 0.717) is 15.9 Å². The highest BCUT2D eigenvalue weighted by molar-refractivity contribution is 7.20. The van der Waals surface area contributed by atoms with Crippen LogP contribution in [0.1, 0.15) is 57.8 Å². The molecule has 2 atom stereocenters. The van der Waals surface area contributed by atoms with Gasteiger partial charge in [-0.05, 0) is 60.2 Å². The van der Waals surface area contributed by atoms with Gasteiger partial charge in [0.15, 0.2) is 0 Å². The number of nitrogens with two attached hydrogens (primary N) is 1. The molecule has 0 aliphatic heterocycles. The van der Waals surface area contributed by atoms with Gasteiger partial charge in [-0.1, -0.05) is 44.2 Å². The van der Waals surface area contributed by atoms with Crippen molar-refractivity contribution < 1.29 is 27.9 Å². The summed E-state index contributed by atoms with van der Waals surface area (Å²) >= 11 is 1.03. The van der Waals surface area contributed by atoms with Gasteiger partial charge in [0, 0.05) is 18.1 Å². The van der Waals surface area contributed by atoms with E-state index < -0.39 is 29.2 Å².